The van der Waals surface area contributed by atoms with E-state index >= 15 is 0 Å². The minimum Gasteiger partial charge on any atom is -0.322 e. The van der Waals surface area contributed by atoms with Gasteiger partial charge in [0.15, 0.2) is 17.3 Å². The molecule has 2 aromatic heterocycles. The van der Waals surface area contributed by atoms with E-state index in [9.17, 15) is 4.79 Å². The molecule has 2 rings (SSSR count). The molecule has 0 N–H and O–H groups in total. The van der Waals surface area contributed by atoms with Gasteiger partial charge in [0, 0.05) is 12.7 Å². The highest BCUT2D eigenvalue weighted by Gasteiger charge is 2.11. The van der Waals surface area contributed by atoms with Gasteiger partial charge in [-0.15, -0.1) is 0 Å². The summed E-state index contributed by atoms with van der Waals surface area (Å²) in [6, 6.07) is 1.80. The summed E-state index contributed by atoms with van der Waals surface area (Å²) in [5.41, 5.74) is 1.42. The molecule has 0 aliphatic heterocycles. The van der Waals surface area contributed by atoms with Gasteiger partial charge < -0.3 is 4.57 Å². The standard InChI is InChI=1S/C9H8ClN3O/c1-2-13-6-3-4-11-9(10)8(6)12-7(13)5-14/h3-5H,2H2,1H3. The second-order valence-corrected chi connectivity index (χ2v) is 3.16. The first-order chi connectivity index (χ1) is 6.77. The number of pyridine rings is 1. The van der Waals surface area contributed by atoms with Gasteiger partial charge in [0.05, 0.1) is 5.52 Å². The van der Waals surface area contributed by atoms with Gasteiger partial charge in [-0.05, 0) is 13.0 Å². The first-order valence-electron chi connectivity index (χ1n) is 4.23. The molecule has 4 nitrogen and oxygen atoms in total. The molecule has 0 aromatic carbocycles. The van der Waals surface area contributed by atoms with E-state index < -0.39 is 0 Å². The zero-order valence-corrected chi connectivity index (χ0v) is 8.32. The summed E-state index contributed by atoms with van der Waals surface area (Å²) in [5, 5.41) is 0.331. The average molecular weight is 210 g/mol. The lowest BCUT2D eigenvalue weighted by molar-refractivity contribution is 0.111. The Morgan fingerprint density at radius 2 is 2.43 bits per heavy atom. The van der Waals surface area contributed by atoms with Crippen molar-refractivity contribution in [3.05, 3.63) is 23.2 Å². The lowest BCUT2D eigenvalue weighted by Crippen LogP contribution is -1.99. The third-order valence-electron chi connectivity index (χ3n) is 2.07. The lowest BCUT2D eigenvalue weighted by atomic mass is 10.4. The summed E-state index contributed by atoms with van der Waals surface area (Å²) in [6.07, 6.45) is 2.33. The van der Waals surface area contributed by atoms with E-state index in [0.29, 0.717) is 23.0 Å². The van der Waals surface area contributed by atoms with Crippen LogP contribution in [0.15, 0.2) is 12.3 Å². The molecule has 0 atom stereocenters. The molecule has 0 bridgehead atoms. The van der Waals surface area contributed by atoms with Crippen LogP contribution >= 0.6 is 11.6 Å². The maximum atomic E-state index is 10.7. The minimum absolute atomic E-state index is 0.331. The molecular weight excluding hydrogens is 202 g/mol. The van der Waals surface area contributed by atoms with Gasteiger partial charge in [0.25, 0.3) is 0 Å². The van der Waals surface area contributed by atoms with Gasteiger partial charge in [-0.3, -0.25) is 4.79 Å². The van der Waals surface area contributed by atoms with Crippen LogP contribution in [-0.2, 0) is 6.54 Å². The predicted octanol–water partition coefficient (Wildman–Crippen LogP) is 1.92. The Hall–Kier alpha value is -1.42. The number of imidazole rings is 1. The molecule has 0 saturated carbocycles. The fraction of sp³-hybridized carbons (Fsp3) is 0.222. The maximum absolute atomic E-state index is 10.7. The van der Waals surface area contributed by atoms with Crippen LogP contribution in [0.25, 0.3) is 11.0 Å². The topological polar surface area (TPSA) is 47.8 Å². The third kappa shape index (κ3) is 1.19. The van der Waals surface area contributed by atoms with Crippen molar-refractivity contribution in [1.29, 1.82) is 0 Å². The van der Waals surface area contributed by atoms with Gasteiger partial charge >= 0.3 is 0 Å². The number of carbonyl (C=O) groups excluding carboxylic acids is 1. The molecule has 0 aliphatic carbocycles. The molecule has 14 heavy (non-hydrogen) atoms. The summed E-state index contributed by atoms with van der Waals surface area (Å²) in [6.45, 7) is 2.63. The Balaban J connectivity index is 2.86. The van der Waals surface area contributed by atoms with Crippen molar-refractivity contribution in [3.63, 3.8) is 0 Å². The lowest BCUT2D eigenvalue weighted by Gasteiger charge is -1.99. The molecule has 0 saturated heterocycles. The van der Waals surface area contributed by atoms with Gasteiger partial charge in [0.2, 0.25) is 0 Å². The number of rotatable bonds is 2. The number of hydrogen-bond donors (Lipinski definition) is 0. The van der Waals surface area contributed by atoms with E-state index in [0.717, 1.165) is 11.8 Å². The molecule has 2 aromatic rings. The summed E-state index contributed by atoms with van der Waals surface area (Å²) < 4.78 is 1.80. The van der Waals surface area contributed by atoms with Crippen LogP contribution in [0.1, 0.15) is 17.5 Å². The fourth-order valence-corrected chi connectivity index (χ4v) is 1.66. The van der Waals surface area contributed by atoms with E-state index in [1.165, 1.54) is 0 Å². The number of aldehydes is 1. The summed E-state index contributed by atoms with van der Waals surface area (Å²) in [4.78, 5) is 18.7. The Morgan fingerprint density at radius 3 is 3.07 bits per heavy atom. The van der Waals surface area contributed by atoms with Crippen molar-refractivity contribution in [2.24, 2.45) is 0 Å². The molecule has 5 heteroatoms. The molecular formula is C9H8ClN3O. The zero-order valence-electron chi connectivity index (χ0n) is 7.57. The fourth-order valence-electron chi connectivity index (χ4n) is 1.46. The number of halogens is 1. The molecule has 0 unspecified atom stereocenters. The van der Waals surface area contributed by atoms with Crippen molar-refractivity contribution in [1.82, 2.24) is 14.5 Å². The van der Waals surface area contributed by atoms with Crippen molar-refractivity contribution in [3.8, 4) is 0 Å². The first kappa shape index (κ1) is 9.15. The number of nitrogens with zero attached hydrogens (tertiary/aromatic N) is 3. The SMILES string of the molecule is CCn1c(C=O)nc2c(Cl)nccc21. The van der Waals surface area contributed by atoms with E-state index in [1.807, 2.05) is 6.92 Å². The van der Waals surface area contributed by atoms with Crippen LogP contribution in [0.4, 0.5) is 0 Å². The van der Waals surface area contributed by atoms with E-state index in [-0.39, 0.29) is 0 Å². The number of carbonyl (C=O) groups is 1. The second-order valence-electron chi connectivity index (χ2n) is 2.80. The van der Waals surface area contributed by atoms with Crippen LogP contribution in [0.3, 0.4) is 0 Å². The zero-order chi connectivity index (χ0) is 10.1. The monoisotopic (exact) mass is 209 g/mol. The van der Waals surface area contributed by atoms with E-state index in [4.69, 9.17) is 11.6 Å². The Kier molecular flexibility index (Phi) is 2.21. The Morgan fingerprint density at radius 1 is 1.64 bits per heavy atom. The highest BCUT2D eigenvalue weighted by atomic mass is 35.5. The van der Waals surface area contributed by atoms with Crippen molar-refractivity contribution >= 4 is 28.9 Å². The average Bonchev–Trinajstić information content (AvgIpc) is 2.57. The molecule has 2 heterocycles. The summed E-state index contributed by atoms with van der Waals surface area (Å²) in [7, 11) is 0. The van der Waals surface area contributed by atoms with Crippen LogP contribution in [0.5, 0.6) is 0 Å². The number of fused-ring (bicyclic) bond motifs is 1. The van der Waals surface area contributed by atoms with E-state index in [2.05, 4.69) is 9.97 Å². The van der Waals surface area contributed by atoms with Crippen molar-refractivity contribution in [2.45, 2.75) is 13.5 Å². The number of aromatic nitrogens is 3. The third-order valence-corrected chi connectivity index (χ3v) is 2.35. The van der Waals surface area contributed by atoms with Gasteiger partial charge in [-0.25, -0.2) is 9.97 Å². The van der Waals surface area contributed by atoms with E-state index in [1.54, 1.807) is 16.8 Å². The van der Waals surface area contributed by atoms with Crippen molar-refractivity contribution < 1.29 is 4.79 Å². The maximum Gasteiger partial charge on any atom is 0.185 e. The minimum atomic E-state index is 0.331. The van der Waals surface area contributed by atoms with Gasteiger partial charge in [-0.2, -0.15) is 0 Å². The molecule has 0 fully saturated rings. The highest BCUT2D eigenvalue weighted by Crippen LogP contribution is 2.20. The number of hydrogen-bond acceptors (Lipinski definition) is 3. The summed E-state index contributed by atoms with van der Waals surface area (Å²) >= 11 is 5.85. The molecule has 0 spiro atoms. The van der Waals surface area contributed by atoms with Crippen LogP contribution in [0, 0.1) is 0 Å². The highest BCUT2D eigenvalue weighted by molar-refractivity contribution is 6.33. The van der Waals surface area contributed by atoms with Crippen LogP contribution in [-0.4, -0.2) is 20.8 Å². The van der Waals surface area contributed by atoms with Crippen LogP contribution < -0.4 is 0 Å². The Labute approximate surface area is 85.5 Å². The van der Waals surface area contributed by atoms with Gasteiger partial charge in [-0.1, -0.05) is 11.6 Å². The molecule has 0 amide bonds. The molecule has 0 aliphatic rings. The smallest absolute Gasteiger partial charge is 0.185 e. The molecule has 0 radical (unpaired) electrons. The second kappa shape index (κ2) is 3.38. The molecule has 72 valence electrons. The normalized spacial score (nSPS) is 10.7. The summed E-state index contributed by atoms with van der Waals surface area (Å²) in [5.74, 6) is 0.386. The van der Waals surface area contributed by atoms with Crippen molar-refractivity contribution in [2.75, 3.05) is 0 Å². The van der Waals surface area contributed by atoms with Crippen LogP contribution in [0.2, 0.25) is 5.15 Å². The predicted molar refractivity (Wildman–Crippen MR) is 53.6 cm³/mol. The van der Waals surface area contributed by atoms with Gasteiger partial charge in [0.1, 0.15) is 5.52 Å². The quantitative estimate of drug-likeness (QED) is 0.561. The first-order valence-corrected chi connectivity index (χ1v) is 4.61. The number of aryl methyl sites for hydroxylation is 1. The Bertz CT molecular complexity index is 492. The largest absolute Gasteiger partial charge is 0.322 e.